The first-order valence-corrected chi connectivity index (χ1v) is 7.93. The first-order chi connectivity index (χ1) is 9.77. The Morgan fingerprint density at radius 3 is 2.75 bits per heavy atom. The van der Waals surface area contributed by atoms with Crippen molar-refractivity contribution in [1.82, 2.24) is 10.2 Å². The topological polar surface area (TPSA) is 15.3 Å². The first-order valence-electron chi connectivity index (χ1n) is 6.99. The molecule has 2 heterocycles. The van der Waals surface area contributed by atoms with Crippen LogP contribution in [0.2, 0.25) is 0 Å². The lowest BCUT2D eigenvalue weighted by Gasteiger charge is -2.35. The summed E-state index contributed by atoms with van der Waals surface area (Å²) in [6, 6.07) is 7.74. The zero-order valence-electron chi connectivity index (χ0n) is 11.6. The number of piperazine rings is 1. The molecule has 0 unspecified atom stereocenters. The van der Waals surface area contributed by atoms with Crippen molar-refractivity contribution in [2.24, 2.45) is 0 Å². The highest BCUT2D eigenvalue weighted by molar-refractivity contribution is 7.08. The lowest BCUT2D eigenvalue weighted by Crippen LogP contribution is -2.45. The fourth-order valence-corrected chi connectivity index (χ4v) is 3.56. The second-order valence-corrected chi connectivity index (χ2v) is 5.98. The van der Waals surface area contributed by atoms with E-state index < -0.39 is 0 Å². The van der Waals surface area contributed by atoms with Gasteiger partial charge in [-0.1, -0.05) is 12.1 Å². The van der Waals surface area contributed by atoms with E-state index in [1.807, 2.05) is 13.0 Å². The molecule has 1 aliphatic heterocycles. The van der Waals surface area contributed by atoms with Gasteiger partial charge in [-0.15, -0.1) is 0 Å². The van der Waals surface area contributed by atoms with E-state index in [1.54, 1.807) is 17.4 Å². The summed E-state index contributed by atoms with van der Waals surface area (Å²) in [7, 11) is 0. The maximum absolute atomic E-state index is 13.9. The maximum Gasteiger partial charge on any atom is 0.126 e. The molecule has 1 aromatic heterocycles. The number of hydrogen-bond acceptors (Lipinski definition) is 3. The summed E-state index contributed by atoms with van der Waals surface area (Å²) in [6.07, 6.45) is 0. The van der Waals surface area contributed by atoms with Crippen LogP contribution in [0.25, 0.3) is 0 Å². The van der Waals surface area contributed by atoms with E-state index in [2.05, 4.69) is 33.1 Å². The number of halogens is 1. The van der Waals surface area contributed by atoms with Crippen LogP contribution in [-0.4, -0.2) is 31.1 Å². The van der Waals surface area contributed by atoms with E-state index in [1.165, 1.54) is 5.56 Å². The monoisotopic (exact) mass is 290 g/mol. The van der Waals surface area contributed by atoms with E-state index in [0.29, 0.717) is 0 Å². The van der Waals surface area contributed by atoms with Gasteiger partial charge in [-0.2, -0.15) is 11.3 Å². The average molecular weight is 290 g/mol. The van der Waals surface area contributed by atoms with Gasteiger partial charge < -0.3 is 5.32 Å². The molecule has 1 fully saturated rings. The highest BCUT2D eigenvalue weighted by Crippen LogP contribution is 2.33. The van der Waals surface area contributed by atoms with Gasteiger partial charge >= 0.3 is 0 Å². The number of rotatable bonds is 3. The summed E-state index contributed by atoms with van der Waals surface area (Å²) >= 11 is 1.70. The van der Waals surface area contributed by atoms with Gasteiger partial charge in [0, 0.05) is 26.2 Å². The molecule has 1 aromatic carbocycles. The Labute approximate surface area is 123 Å². The maximum atomic E-state index is 13.9. The van der Waals surface area contributed by atoms with Crippen LogP contribution < -0.4 is 5.32 Å². The normalized spacial score (nSPS) is 18.1. The Morgan fingerprint density at radius 1 is 1.25 bits per heavy atom. The Hall–Kier alpha value is -1.23. The fraction of sp³-hybridized carbons (Fsp3) is 0.375. The number of thiophene rings is 1. The third-order valence-corrected chi connectivity index (χ3v) is 4.68. The van der Waals surface area contributed by atoms with Gasteiger partial charge in [0.25, 0.3) is 0 Å². The van der Waals surface area contributed by atoms with Crippen LogP contribution in [0.3, 0.4) is 0 Å². The van der Waals surface area contributed by atoms with E-state index in [0.717, 1.165) is 37.3 Å². The smallest absolute Gasteiger partial charge is 0.126 e. The third-order valence-electron chi connectivity index (χ3n) is 3.98. The van der Waals surface area contributed by atoms with Crippen LogP contribution in [0.4, 0.5) is 4.39 Å². The lowest BCUT2D eigenvalue weighted by atomic mass is 9.94. The van der Waals surface area contributed by atoms with E-state index in [9.17, 15) is 4.39 Å². The van der Waals surface area contributed by atoms with Crippen LogP contribution in [0.1, 0.15) is 22.7 Å². The molecule has 1 aliphatic rings. The van der Waals surface area contributed by atoms with Crippen molar-refractivity contribution in [1.29, 1.82) is 0 Å². The molecule has 2 nitrogen and oxygen atoms in total. The molecule has 0 bridgehead atoms. The Kier molecular flexibility index (Phi) is 4.15. The van der Waals surface area contributed by atoms with Crippen LogP contribution >= 0.6 is 11.3 Å². The average Bonchev–Trinajstić information content (AvgIpc) is 2.99. The second kappa shape index (κ2) is 6.04. The van der Waals surface area contributed by atoms with Crippen LogP contribution in [0.5, 0.6) is 0 Å². The zero-order chi connectivity index (χ0) is 13.9. The number of benzene rings is 1. The lowest BCUT2D eigenvalue weighted by molar-refractivity contribution is 0.198. The standard InChI is InChI=1S/C16H19FN2S/c1-12-14(3-2-4-15(12)17)16(13-5-10-20-11-13)19-8-6-18-7-9-19/h2-5,10-11,16,18H,6-9H2,1H3/t16-/m0/s1. The minimum atomic E-state index is -0.113. The van der Waals surface area contributed by atoms with E-state index >= 15 is 0 Å². The second-order valence-electron chi connectivity index (χ2n) is 5.20. The Balaban J connectivity index is 2.03. The summed E-state index contributed by atoms with van der Waals surface area (Å²) in [5, 5.41) is 7.65. The number of nitrogens with zero attached hydrogens (tertiary/aromatic N) is 1. The summed E-state index contributed by atoms with van der Waals surface area (Å²) in [5.41, 5.74) is 3.12. The molecule has 0 spiro atoms. The molecule has 106 valence electrons. The molecule has 0 amide bonds. The van der Waals surface area contributed by atoms with Crippen molar-refractivity contribution in [3.05, 3.63) is 57.5 Å². The van der Waals surface area contributed by atoms with Crippen molar-refractivity contribution in [3.8, 4) is 0 Å². The molecular weight excluding hydrogens is 271 g/mol. The highest BCUT2D eigenvalue weighted by atomic mass is 32.1. The summed E-state index contributed by atoms with van der Waals surface area (Å²) in [4.78, 5) is 2.44. The fourth-order valence-electron chi connectivity index (χ4n) is 2.88. The molecule has 20 heavy (non-hydrogen) atoms. The van der Waals surface area contributed by atoms with Crippen LogP contribution in [0, 0.1) is 12.7 Å². The molecule has 1 saturated heterocycles. The zero-order valence-corrected chi connectivity index (χ0v) is 12.4. The number of nitrogens with one attached hydrogen (secondary N) is 1. The van der Waals surface area contributed by atoms with Crippen LogP contribution in [0.15, 0.2) is 35.0 Å². The van der Waals surface area contributed by atoms with E-state index in [4.69, 9.17) is 0 Å². The Morgan fingerprint density at radius 2 is 2.05 bits per heavy atom. The number of hydrogen-bond donors (Lipinski definition) is 1. The van der Waals surface area contributed by atoms with Gasteiger partial charge in [-0.05, 0) is 46.5 Å². The highest BCUT2D eigenvalue weighted by Gasteiger charge is 2.26. The molecule has 0 radical (unpaired) electrons. The molecule has 4 heteroatoms. The molecule has 2 aromatic rings. The predicted octanol–water partition coefficient (Wildman–Crippen LogP) is 3.19. The van der Waals surface area contributed by atoms with Gasteiger partial charge in [-0.25, -0.2) is 4.39 Å². The van der Waals surface area contributed by atoms with Gasteiger partial charge in [0.15, 0.2) is 0 Å². The van der Waals surface area contributed by atoms with Crippen molar-refractivity contribution < 1.29 is 4.39 Å². The van der Waals surface area contributed by atoms with Crippen molar-refractivity contribution in [3.63, 3.8) is 0 Å². The SMILES string of the molecule is Cc1c(F)cccc1[C@H](c1ccsc1)N1CCNCC1. The molecule has 1 N–H and O–H groups in total. The van der Waals surface area contributed by atoms with Gasteiger partial charge in [0.1, 0.15) is 5.82 Å². The first kappa shape index (κ1) is 13.7. The van der Waals surface area contributed by atoms with Gasteiger partial charge in [0.05, 0.1) is 6.04 Å². The van der Waals surface area contributed by atoms with Crippen molar-refractivity contribution in [2.75, 3.05) is 26.2 Å². The molecule has 3 rings (SSSR count). The molecule has 0 saturated carbocycles. The van der Waals surface area contributed by atoms with Crippen LogP contribution in [-0.2, 0) is 0 Å². The minimum absolute atomic E-state index is 0.113. The minimum Gasteiger partial charge on any atom is -0.314 e. The molecule has 0 aliphatic carbocycles. The quantitative estimate of drug-likeness (QED) is 0.934. The molecular formula is C16H19FN2S. The molecule has 1 atom stereocenters. The largest absolute Gasteiger partial charge is 0.314 e. The Bertz CT molecular complexity index is 562. The van der Waals surface area contributed by atoms with Gasteiger partial charge in [-0.3, -0.25) is 4.90 Å². The van der Waals surface area contributed by atoms with Gasteiger partial charge in [0.2, 0.25) is 0 Å². The third kappa shape index (κ3) is 2.64. The van der Waals surface area contributed by atoms with E-state index in [-0.39, 0.29) is 11.9 Å². The predicted molar refractivity (Wildman–Crippen MR) is 81.7 cm³/mol. The van der Waals surface area contributed by atoms with Crippen molar-refractivity contribution in [2.45, 2.75) is 13.0 Å². The van der Waals surface area contributed by atoms with Crippen molar-refractivity contribution >= 4 is 11.3 Å². The summed E-state index contributed by atoms with van der Waals surface area (Å²) < 4.78 is 13.9. The summed E-state index contributed by atoms with van der Waals surface area (Å²) in [6.45, 7) is 5.86. The summed E-state index contributed by atoms with van der Waals surface area (Å²) in [5.74, 6) is -0.113.